The highest BCUT2D eigenvalue weighted by molar-refractivity contribution is 7.11. The molecule has 2 aromatic heterocycles. The Bertz CT molecular complexity index is 1460. The maximum absolute atomic E-state index is 14.5. The van der Waals surface area contributed by atoms with Crippen LogP contribution in [-0.4, -0.2) is 44.3 Å². The third kappa shape index (κ3) is 5.30. The maximum atomic E-state index is 14.5. The summed E-state index contributed by atoms with van der Waals surface area (Å²) in [6.45, 7) is 1.79. The van der Waals surface area contributed by atoms with Gasteiger partial charge >= 0.3 is 11.9 Å². The fraction of sp³-hybridized carbons (Fsp3) is 0.346. The number of rotatable bonds is 7. The number of carbonyl (C=O) groups is 2. The second kappa shape index (κ2) is 11.2. The van der Waals surface area contributed by atoms with Crippen LogP contribution in [-0.2, 0) is 9.53 Å². The number of carboxylic acid groups (broad SMARTS) is 1. The summed E-state index contributed by atoms with van der Waals surface area (Å²) in [7, 11) is 0. The Morgan fingerprint density at radius 3 is 2.67 bits per heavy atom. The molecule has 0 radical (unpaired) electrons. The van der Waals surface area contributed by atoms with Crippen molar-refractivity contribution in [1.82, 2.24) is 20.1 Å². The van der Waals surface area contributed by atoms with Gasteiger partial charge < -0.3 is 15.2 Å². The molecule has 1 fully saturated rings. The van der Waals surface area contributed by atoms with Crippen LogP contribution in [0.15, 0.2) is 52.4 Å². The largest absolute Gasteiger partial charge is 0.478 e. The standard InChI is InChI=1S/C26H24ClF2N5O4S/c1-2-38-26(37)18-21(13-3-5-15(6-4-13)34-12-14(11-31-34)25(35)36)32-23(24-30-9-10-39-24)33-22(18)16-7-8-17(28)20(29)19(16)27/h7-13,15,22H,2-6H2,1H3,(H,32,33)(H,35,36). The summed E-state index contributed by atoms with van der Waals surface area (Å²) in [4.78, 5) is 33.7. The van der Waals surface area contributed by atoms with Gasteiger partial charge in [-0.25, -0.2) is 23.4 Å². The monoisotopic (exact) mass is 575 g/mol. The molecular formula is C26H24ClF2N5O4S. The van der Waals surface area contributed by atoms with Gasteiger partial charge in [-0.15, -0.1) is 11.3 Å². The number of aromatic nitrogens is 3. The van der Waals surface area contributed by atoms with E-state index in [4.69, 9.17) is 16.3 Å². The molecule has 2 N–H and O–H groups in total. The van der Waals surface area contributed by atoms with E-state index in [1.165, 1.54) is 29.8 Å². The number of ether oxygens (including phenoxy) is 1. The fourth-order valence-corrected chi connectivity index (χ4v) is 5.87. The van der Waals surface area contributed by atoms with E-state index in [0.29, 0.717) is 42.2 Å². The summed E-state index contributed by atoms with van der Waals surface area (Å²) in [5.74, 6) is -3.74. The normalized spacial score (nSPS) is 21.3. The topological polar surface area (TPSA) is 119 Å². The van der Waals surface area contributed by atoms with Gasteiger partial charge in [-0.2, -0.15) is 5.10 Å². The second-order valence-corrected chi connectivity index (χ2v) is 10.4. The summed E-state index contributed by atoms with van der Waals surface area (Å²) in [5, 5.41) is 18.6. The lowest BCUT2D eigenvalue weighted by molar-refractivity contribution is -0.139. The number of hydrogen-bond donors (Lipinski definition) is 2. The SMILES string of the molecule is CCOC(=O)C1=C(C2CCC(n3cc(C(=O)O)cn3)CC2)NC(c2nccs2)=NC1c1ccc(F)c(F)c1Cl. The zero-order valence-electron chi connectivity index (χ0n) is 20.7. The molecule has 1 atom stereocenters. The van der Waals surface area contributed by atoms with Crippen LogP contribution in [0.2, 0.25) is 5.02 Å². The predicted molar refractivity (Wildman–Crippen MR) is 140 cm³/mol. The Morgan fingerprint density at radius 1 is 1.26 bits per heavy atom. The van der Waals surface area contributed by atoms with Crippen LogP contribution in [0.4, 0.5) is 8.78 Å². The first kappa shape index (κ1) is 26.9. The molecule has 0 spiro atoms. The second-order valence-electron chi connectivity index (χ2n) is 9.17. The Labute approximate surface area is 231 Å². The molecule has 3 heterocycles. The van der Waals surface area contributed by atoms with Crippen LogP contribution in [0.3, 0.4) is 0 Å². The van der Waals surface area contributed by atoms with Crippen LogP contribution in [0.5, 0.6) is 0 Å². The molecule has 1 saturated carbocycles. The van der Waals surface area contributed by atoms with Gasteiger partial charge in [0.15, 0.2) is 22.5 Å². The molecule has 9 nitrogen and oxygen atoms in total. The summed E-state index contributed by atoms with van der Waals surface area (Å²) >= 11 is 7.59. The van der Waals surface area contributed by atoms with Gasteiger partial charge in [0.2, 0.25) is 0 Å². The van der Waals surface area contributed by atoms with Gasteiger partial charge in [-0.3, -0.25) is 9.67 Å². The van der Waals surface area contributed by atoms with E-state index in [1.54, 1.807) is 23.2 Å². The van der Waals surface area contributed by atoms with E-state index in [0.717, 1.165) is 6.07 Å². The zero-order valence-corrected chi connectivity index (χ0v) is 22.3. The molecule has 0 saturated heterocycles. The third-order valence-electron chi connectivity index (χ3n) is 6.89. The molecule has 1 unspecified atom stereocenters. The highest BCUT2D eigenvalue weighted by Crippen LogP contribution is 2.43. The number of aliphatic imine (C=N–C) groups is 1. The number of thiazole rings is 1. The average Bonchev–Trinajstić information content (AvgIpc) is 3.65. The number of esters is 1. The van der Waals surface area contributed by atoms with E-state index in [1.807, 2.05) is 0 Å². The number of nitrogens with zero attached hydrogens (tertiary/aromatic N) is 4. The highest BCUT2D eigenvalue weighted by Gasteiger charge is 2.38. The Morgan fingerprint density at radius 2 is 2.03 bits per heavy atom. The van der Waals surface area contributed by atoms with Crippen LogP contribution in [0.25, 0.3) is 0 Å². The molecular weight excluding hydrogens is 552 g/mol. The van der Waals surface area contributed by atoms with E-state index in [9.17, 15) is 23.5 Å². The molecule has 0 bridgehead atoms. The minimum Gasteiger partial charge on any atom is -0.478 e. The number of benzene rings is 1. The first-order valence-electron chi connectivity index (χ1n) is 12.3. The number of allylic oxidation sites excluding steroid dienone is 1. The van der Waals surface area contributed by atoms with Gasteiger partial charge in [0.05, 0.1) is 35.0 Å². The molecule has 3 aromatic rings. The van der Waals surface area contributed by atoms with Crippen LogP contribution < -0.4 is 5.32 Å². The summed E-state index contributed by atoms with van der Waals surface area (Å²) in [6, 6.07) is 1.22. The molecule has 39 heavy (non-hydrogen) atoms. The number of nitrogens with one attached hydrogen (secondary N) is 1. The number of halogens is 3. The maximum Gasteiger partial charge on any atom is 0.338 e. The van der Waals surface area contributed by atoms with E-state index < -0.39 is 34.6 Å². The van der Waals surface area contributed by atoms with Crippen molar-refractivity contribution in [3.8, 4) is 0 Å². The molecule has 0 amide bonds. The minimum absolute atomic E-state index is 0.00637. The van der Waals surface area contributed by atoms with Crippen molar-refractivity contribution < 1.29 is 28.2 Å². The highest BCUT2D eigenvalue weighted by atomic mass is 35.5. The van der Waals surface area contributed by atoms with Gasteiger partial charge in [0.25, 0.3) is 0 Å². The third-order valence-corrected chi connectivity index (χ3v) is 8.06. The van der Waals surface area contributed by atoms with E-state index >= 15 is 0 Å². The Kier molecular flexibility index (Phi) is 7.76. The fourth-order valence-electron chi connectivity index (χ4n) is 5.02. The van der Waals surface area contributed by atoms with Crippen LogP contribution in [0, 0.1) is 17.6 Å². The number of amidine groups is 1. The smallest absolute Gasteiger partial charge is 0.338 e. The van der Waals surface area contributed by atoms with E-state index in [-0.39, 0.29) is 35.3 Å². The van der Waals surface area contributed by atoms with E-state index in [2.05, 4.69) is 20.4 Å². The number of aromatic carboxylic acids is 1. The summed E-state index contributed by atoms with van der Waals surface area (Å²) in [5.41, 5.74) is 1.01. The summed E-state index contributed by atoms with van der Waals surface area (Å²) in [6.07, 6.45) is 7.09. The summed E-state index contributed by atoms with van der Waals surface area (Å²) < 4.78 is 35.5. The van der Waals surface area contributed by atoms with Crippen LogP contribution in [0.1, 0.15) is 65.6 Å². The minimum atomic E-state index is -1.22. The van der Waals surface area contributed by atoms with Crippen molar-refractivity contribution in [3.05, 3.63) is 80.2 Å². The lowest BCUT2D eigenvalue weighted by Crippen LogP contribution is -2.38. The van der Waals surface area contributed by atoms with Crippen molar-refractivity contribution >= 4 is 40.7 Å². The lowest BCUT2D eigenvalue weighted by atomic mass is 9.80. The Hall–Kier alpha value is -3.64. The van der Waals surface area contributed by atoms with Gasteiger partial charge in [0, 0.05) is 29.0 Å². The number of carbonyl (C=O) groups excluding carboxylic acids is 1. The molecule has 204 valence electrons. The van der Waals surface area contributed by atoms with Crippen molar-refractivity contribution in [2.75, 3.05) is 6.61 Å². The molecule has 5 rings (SSSR count). The first-order valence-corrected chi connectivity index (χ1v) is 13.6. The first-order chi connectivity index (χ1) is 18.8. The van der Waals surface area contributed by atoms with Gasteiger partial charge in [0.1, 0.15) is 6.04 Å². The van der Waals surface area contributed by atoms with Crippen molar-refractivity contribution in [3.63, 3.8) is 0 Å². The van der Waals surface area contributed by atoms with Crippen molar-refractivity contribution in [2.24, 2.45) is 10.9 Å². The molecule has 2 aliphatic rings. The van der Waals surface area contributed by atoms with Crippen molar-refractivity contribution in [1.29, 1.82) is 0 Å². The molecule has 1 aliphatic heterocycles. The Balaban J connectivity index is 1.54. The zero-order chi connectivity index (χ0) is 27.7. The van der Waals surface area contributed by atoms with Crippen LogP contribution >= 0.6 is 22.9 Å². The lowest BCUT2D eigenvalue weighted by Gasteiger charge is -2.35. The molecule has 1 aromatic carbocycles. The van der Waals surface area contributed by atoms with Crippen molar-refractivity contribution in [2.45, 2.75) is 44.7 Å². The number of hydrogen-bond acceptors (Lipinski definition) is 8. The quantitative estimate of drug-likeness (QED) is 0.289. The predicted octanol–water partition coefficient (Wildman–Crippen LogP) is 5.31. The average molecular weight is 576 g/mol. The van der Waals surface area contributed by atoms with Gasteiger partial charge in [-0.1, -0.05) is 17.7 Å². The number of carboxylic acids is 1. The molecule has 1 aliphatic carbocycles. The van der Waals surface area contributed by atoms with Gasteiger partial charge in [-0.05, 0) is 44.6 Å². The molecule has 13 heteroatoms.